The van der Waals surface area contributed by atoms with Gasteiger partial charge in [-0.05, 0) is 16.8 Å². The van der Waals surface area contributed by atoms with E-state index in [9.17, 15) is 15.3 Å². The number of benzene rings is 3. The highest BCUT2D eigenvalue weighted by molar-refractivity contribution is 6.15. The summed E-state index contributed by atoms with van der Waals surface area (Å²) in [5, 5.41) is 32.0. The second-order valence-electron chi connectivity index (χ2n) is 3.94. The molecule has 0 aromatic heterocycles. The molecule has 3 N–H and O–H groups in total. The van der Waals surface area contributed by atoms with Crippen molar-refractivity contribution < 1.29 is 15.3 Å². The van der Waals surface area contributed by atoms with Crippen LogP contribution in [-0.2, 0) is 0 Å². The molecule has 3 rings (SSSR count). The molecule has 0 unspecified atom stereocenters. The smallest absolute Gasteiger partial charge is 0.169 e. The second-order valence-corrected chi connectivity index (χ2v) is 3.94. The van der Waals surface area contributed by atoms with E-state index < -0.39 is 0 Å². The predicted octanol–water partition coefficient (Wildman–Crippen LogP) is 3.11. The minimum absolute atomic E-state index is 0.0407. The first-order chi connectivity index (χ1) is 8.20. The standard InChI is InChI=1S/C14H10O3/c15-11-7-3-6-9-8-4-1-2-5-10(8)13(16)14(17)12(9)11/h1-7,15-17H. The van der Waals surface area contributed by atoms with Gasteiger partial charge in [-0.2, -0.15) is 0 Å². The monoisotopic (exact) mass is 226 g/mol. The van der Waals surface area contributed by atoms with E-state index in [1.807, 2.05) is 12.1 Å². The lowest BCUT2D eigenvalue weighted by Gasteiger charge is -2.10. The fraction of sp³-hybridized carbons (Fsp3) is 0. The van der Waals surface area contributed by atoms with Crippen LogP contribution in [0.4, 0.5) is 0 Å². The van der Waals surface area contributed by atoms with Gasteiger partial charge in [-0.3, -0.25) is 0 Å². The van der Waals surface area contributed by atoms with E-state index in [0.717, 1.165) is 10.8 Å². The fourth-order valence-electron chi connectivity index (χ4n) is 2.18. The van der Waals surface area contributed by atoms with Crippen LogP contribution < -0.4 is 0 Å². The van der Waals surface area contributed by atoms with Crippen LogP contribution >= 0.6 is 0 Å². The number of aromatic hydroxyl groups is 3. The lowest BCUT2D eigenvalue weighted by Crippen LogP contribution is -1.81. The molecular weight excluding hydrogens is 216 g/mol. The molecule has 0 aliphatic heterocycles. The summed E-state index contributed by atoms with van der Waals surface area (Å²) in [5.74, 6) is -0.521. The number of rotatable bonds is 0. The Morgan fingerprint density at radius 1 is 0.588 bits per heavy atom. The van der Waals surface area contributed by atoms with Gasteiger partial charge < -0.3 is 15.3 Å². The molecule has 0 fully saturated rings. The normalized spacial score (nSPS) is 11.1. The number of fused-ring (bicyclic) bond motifs is 3. The molecule has 0 bridgehead atoms. The first-order valence-corrected chi connectivity index (χ1v) is 5.24. The van der Waals surface area contributed by atoms with Gasteiger partial charge in [0.25, 0.3) is 0 Å². The summed E-state index contributed by atoms with van der Waals surface area (Å²) in [6.45, 7) is 0. The molecule has 0 atom stereocenters. The van der Waals surface area contributed by atoms with Gasteiger partial charge >= 0.3 is 0 Å². The molecule has 0 saturated heterocycles. The van der Waals surface area contributed by atoms with Crippen LogP contribution in [-0.4, -0.2) is 15.3 Å². The van der Waals surface area contributed by atoms with Crippen molar-refractivity contribution in [2.24, 2.45) is 0 Å². The third-order valence-electron chi connectivity index (χ3n) is 2.98. The Labute approximate surface area is 97.2 Å². The van der Waals surface area contributed by atoms with Crippen molar-refractivity contribution in [3.63, 3.8) is 0 Å². The van der Waals surface area contributed by atoms with Crippen LogP contribution in [0, 0.1) is 0 Å². The number of hydrogen-bond donors (Lipinski definition) is 3. The SMILES string of the molecule is Oc1c(O)c2c(O)cccc2c2ccccc12. The van der Waals surface area contributed by atoms with Gasteiger partial charge in [-0.15, -0.1) is 0 Å². The van der Waals surface area contributed by atoms with Gasteiger partial charge in [-0.1, -0.05) is 36.4 Å². The average Bonchev–Trinajstić information content (AvgIpc) is 2.36. The molecule has 84 valence electrons. The van der Waals surface area contributed by atoms with Crippen LogP contribution in [0.15, 0.2) is 42.5 Å². The molecule has 0 aliphatic rings. The Kier molecular flexibility index (Phi) is 1.89. The van der Waals surface area contributed by atoms with Gasteiger partial charge in [0.2, 0.25) is 0 Å². The van der Waals surface area contributed by atoms with Gasteiger partial charge in [0.05, 0.1) is 5.39 Å². The Hall–Kier alpha value is -2.42. The Bertz CT molecular complexity index is 732. The molecule has 0 radical (unpaired) electrons. The van der Waals surface area contributed by atoms with Crippen LogP contribution in [0.3, 0.4) is 0 Å². The Morgan fingerprint density at radius 2 is 1.24 bits per heavy atom. The first kappa shape index (κ1) is 9.78. The largest absolute Gasteiger partial charge is 0.507 e. The zero-order valence-electron chi connectivity index (χ0n) is 8.88. The van der Waals surface area contributed by atoms with Crippen LogP contribution in [0.25, 0.3) is 21.5 Å². The number of phenols is 3. The van der Waals surface area contributed by atoms with Crippen molar-refractivity contribution in [2.45, 2.75) is 0 Å². The average molecular weight is 226 g/mol. The maximum atomic E-state index is 9.93. The van der Waals surface area contributed by atoms with Gasteiger partial charge in [0, 0.05) is 5.39 Å². The molecule has 3 heteroatoms. The second kappa shape index (κ2) is 3.28. The lowest BCUT2D eigenvalue weighted by molar-refractivity contribution is 0.409. The van der Waals surface area contributed by atoms with Crippen LogP contribution in [0.5, 0.6) is 17.2 Å². The van der Waals surface area contributed by atoms with Crippen LogP contribution in [0.2, 0.25) is 0 Å². The third-order valence-corrected chi connectivity index (χ3v) is 2.98. The van der Waals surface area contributed by atoms with E-state index in [1.54, 1.807) is 24.3 Å². The summed E-state index contributed by atoms with van der Waals surface area (Å²) in [7, 11) is 0. The molecule has 0 heterocycles. The predicted molar refractivity (Wildman–Crippen MR) is 66.4 cm³/mol. The highest BCUT2D eigenvalue weighted by Gasteiger charge is 2.14. The molecule has 17 heavy (non-hydrogen) atoms. The van der Waals surface area contributed by atoms with Crippen molar-refractivity contribution in [3.05, 3.63) is 42.5 Å². The minimum atomic E-state index is -0.281. The maximum Gasteiger partial charge on any atom is 0.169 e. The first-order valence-electron chi connectivity index (χ1n) is 5.24. The van der Waals surface area contributed by atoms with Crippen molar-refractivity contribution in [3.8, 4) is 17.2 Å². The summed E-state index contributed by atoms with van der Waals surface area (Å²) in [6, 6.07) is 12.2. The fourth-order valence-corrected chi connectivity index (χ4v) is 2.18. The number of phenolic OH excluding ortho intramolecular Hbond substituents is 3. The highest BCUT2D eigenvalue weighted by Crippen LogP contribution is 2.44. The van der Waals surface area contributed by atoms with E-state index in [0.29, 0.717) is 5.39 Å². The highest BCUT2D eigenvalue weighted by atomic mass is 16.3. The zero-order valence-corrected chi connectivity index (χ0v) is 8.88. The van der Waals surface area contributed by atoms with Gasteiger partial charge in [0.1, 0.15) is 5.75 Å². The minimum Gasteiger partial charge on any atom is -0.507 e. The Balaban J connectivity index is 2.70. The summed E-state index contributed by atoms with van der Waals surface area (Å²) >= 11 is 0. The number of hydrogen-bond acceptors (Lipinski definition) is 3. The van der Waals surface area contributed by atoms with E-state index >= 15 is 0 Å². The quantitative estimate of drug-likeness (QED) is 0.407. The molecule has 0 saturated carbocycles. The summed E-state index contributed by atoms with van der Waals surface area (Å²) in [5.41, 5.74) is 0. The van der Waals surface area contributed by atoms with Crippen molar-refractivity contribution in [1.82, 2.24) is 0 Å². The van der Waals surface area contributed by atoms with E-state index in [2.05, 4.69) is 0 Å². The molecule has 0 aliphatic carbocycles. The van der Waals surface area contributed by atoms with Crippen molar-refractivity contribution >= 4 is 21.5 Å². The van der Waals surface area contributed by atoms with E-state index in [4.69, 9.17) is 0 Å². The lowest BCUT2D eigenvalue weighted by atomic mass is 9.99. The molecule has 3 aromatic carbocycles. The zero-order chi connectivity index (χ0) is 12.0. The van der Waals surface area contributed by atoms with Gasteiger partial charge in [0.15, 0.2) is 11.5 Å². The molecular formula is C14H10O3. The summed E-state index contributed by atoms with van der Waals surface area (Å²) in [4.78, 5) is 0. The van der Waals surface area contributed by atoms with Gasteiger partial charge in [-0.25, -0.2) is 0 Å². The molecule has 0 spiro atoms. The van der Waals surface area contributed by atoms with Crippen LogP contribution in [0.1, 0.15) is 0 Å². The van der Waals surface area contributed by atoms with Crippen molar-refractivity contribution in [2.75, 3.05) is 0 Å². The van der Waals surface area contributed by atoms with Crippen molar-refractivity contribution in [1.29, 1.82) is 0 Å². The Morgan fingerprint density at radius 3 is 2.00 bits per heavy atom. The maximum absolute atomic E-state index is 9.93. The summed E-state index contributed by atoms with van der Waals surface area (Å²) < 4.78 is 0. The van der Waals surface area contributed by atoms with E-state index in [1.165, 1.54) is 6.07 Å². The third kappa shape index (κ3) is 1.22. The topological polar surface area (TPSA) is 60.7 Å². The summed E-state index contributed by atoms with van der Waals surface area (Å²) in [6.07, 6.45) is 0. The van der Waals surface area contributed by atoms with E-state index in [-0.39, 0.29) is 22.6 Å². The molecule has 0 amide bonds. The molecule has 3 aromatic rings. The molecule has 3 nitrogen and oxygen atoms in total.